The Kier molecular flexibility index (Phi) is 1.95. The minimum Gasteiger partial charge on any atom is -0.227 e. The molecule has 0 N–H and O–H groups in total. The minimum atomic E-state index is -1.03. The molecule has 2 aliphatic heterocycles. The van der Waals surface area contributed by atoms with Crippen molar-refractivity contribution >= 4 is 8.23 Å². The van der Waals surface area contributed by atoms with Crippen LogP contribution in [0.3, 0.4) is 0 Å². The van der Waals surface area contributed by atoms with Gasteiger partial charge >= 0.3 is 0 Å². The van der Waals surface area contributed by atoms with E-state index in [1.807, 2.05) is 0 Å². The van der Waals surface area contributed by atoms with Gasteiger partial charge in [0.05, 0.1) is 8.23 Å². The second-order valence-corrected chi connectivity index (χ2v) is 5.66. The van der Waals surface area contributed by atoms with Crippen LogP contribution < -0.4 is 0 Å². The monoisotopic (exact) mass is 160 g/mol. The number of hydrogen-bond acceptors (Lipinski definition) is 0. The zero-order valence-corrected chi connectivity index (χ0v) is 7.12. The zero-order chi connectivity index (χ0) is 6.97. The average molecular weight is 160 g/mol. The van der Waals surface area contributed by atoms with Crippen LogP contribution in [0.15, 0.2) is 0 Å². The predicted octanol–water partition coefficient (Wildman–Crippen LogP) is 3.46. The summed E-state index contributed by atoms with van der Waals surface area (Å²) in [5.74, 6) is 0. The molecule has 2 atom stereocenters. The van der Waals surface area contributed by atoms with Gasteiger partial charge in [-0.15, -0.1) is 0 Å². The Labute approximate surface area is 63.1 Å². The topological polar surface area (TPSA) is 0 Å². The van der Waals surface area contributed by atoms with Crippen LogP contribution in [-0.4, -0.2) is 11.3 Å². The number of halogens is 1. The summed E-state index contributed by atoms with van der Waals surface area (Å²) in [4.78, 5) is 0. The average Bonchev–Trinajstić information content (AvgIpc) is 2.06. The van der Waals surface area contributed by atoms with Crippen LogP contribution in [0.4, 0.5) is 4.20 Å². The minimum absolute atomic E-state index is 0.516. The molecule has 2 rings (SSSR count). The normalized spacial score (nSPS) is 47.1. The van der Waals surface area contributed by atoms with E-state index in [-0.39, 0.29) is 0 Å². The van der Waals surface area contributed by atoms with E-state index in [2.05, 4.69) is 0 Å². The van der Waals surface area contributed by atoms with Crippen molar-refractivity contribution in [2.45, 2.75) is 49.8 Å². The molecule has 2 aliphatic rings. The quantitative estimate of drug-likeness (QED) is 0.476. The summed E-state index contributed by atoms with van der Waals surface area (Å²) in [6, 6.07) is 0. The Morgan fingerprint density at radius 2 is 1.40 bits per heavy atom. The van der Waals surface area contributed by atoms with Crippen LogP contribution in [0, 0.1) is 0 Å². The number of hydrogen-bond donors (Lipinski definition) is 0. The van der Waals surface area contributed by atoms with Gasteiger partial charge in [-0.1, -0.05) is 12.8 Å². The van der Waals surface area contributed by atoms with Gasteiger partial charge in [-0.05, 0) is 25.7 Å². The van der Waals surface area contributed by atoms with Gasteiger partial charge in [0.1, 0.15) is 0 Å². The first-order valence-corrected chi connectivity index (χ1v) is 5.69. The van der Waals surface area contributed by atoms with Gasteiger partial charge < -0.3 is 0 Å². The first-order chi connectivity index (χ1) is 4.88. The largest absolute Gasteiger partial charge is 0.227 e. The summed E-state index contributed by atoms with van der Waals surface area (Å²) < 4.78 is 13.4. The van der Waals surface area contributed by atoms with Crippen LogP contribution in [0.5, 0.6) is 0 Å². The molecule has 0 amide bonds. The SMILES string of the molecule is FP1C2CCCCC1CC2. The molecule has 2 fully saturated rings. The fraction of sp³-hybridized carbons (Fsp3) is 1.00. The summed E-state index contributed by atoms with van der Waals surface area (Å²) in [6.45, 7) is 0. The second-order valence-electron chi connectivity index (χ2n) is 3.51. The van der Waals surface area contributed by atoms with Crippen molar-refractivity contribution in [3.05, 3.63) is 0 Å². The molecule has 0 radical (unpaired) electrons. The Balaban J connectivity index is 2.07. The highest BCUT2D eigenvalue weighted by Crippen LogP contribution is 2.61. The van der Waals surface area contributed by atoms with Crippen molar-refractivity contribution < 1.29 is 4.20 Å². The molecule has 0 aromatic rings. The molecule has 0 aromatic carbocycles. The third-order valence-corrected chi connectivity index (χ3v) is 5.28. The number of rotatable bonds is 0. The van der Waals surface area contributed by atoms with E-state index in [4.69, 9.17) is 0 Å². The molecule has 2 unspecified atom stereocenters. The maximum absolute atomic E-state index is 13.4. The van der Waals surface area contributed by atoms with Crippen LogP contribution in [0.25, 0.3) is 0 Å². The van der Waals surface area contributed by atoms with E-state index in [1.165, 1.54) is 38.5 Å². The van der Waals surface area contributed by atoms with Crippen molar-refractivity contribution in [1.82, 2.24) is 0 Å². The highest BCUT2D eigenvalue weighted by molar-refractivity contribution is 7.54. The zero-order valence-electron chi connectivity index (χ0n) is 6.22. The van der Waals surface area contributed by atoms with Gasteiger partial charge in [-0.25, -0.2) is 4.20 Å². The molecule has 0 saturated carbocycles. The standard InChI is InChI=1S/C8H14FP/c9-10-7-3-1-2-4-8(10)6-5-7/h7-8H,1-6H2. The molecule has 0 aromatic heterocycles. The highest BCUT2D eigenvalue weighted by atomic mass is 31.2. The van der Waals surface area contributed by atoms with E-state index in [1.54, 1.807) is 0 Å². The first kappa shape index (κ1) is 7.03. The summed E-state index contributed by atoms with van der Waals surface area (Å²) in [5.41, 5.74) is 1.03. The Morgan fingerprint density at radius 3 is 1.90 bits per heavy atom. The molecule has 10 heavy (non-hydrogen) atoms. The van der Waals surface area contributed by atoms with Crippen molar-refractivity contribution in [2.24, 2.45) is 0 Å². The molecule has 2 bridgehead atoms. The van der Waals surface area contributed by atoms with Crippen molar-refractivity contribution in [1.29, 1.82) is 0 Å². The van der Waals surface area contributed by atoms with Crippen molar-refractivity contribution in [3.8, 4) is 0 Å². The van der Waals surface area contributed by atoms with Gasteiger partial charge in [-0.3, -0.25) is 0 Å². The van der Waals surface area contributed by atoms with Gasteiger partial charge in [0.15, 0.2) is 0 Å². The lowest BCUT2D eigenvalue weighted by molar-refractivity contribution is 0.556. The summed E-state index contributed by atoms with van der Waals surface area (Å²) in [6.07, 6.45) is 7.38. The lowest BCUT2D eigenvalue weighted by atomic mass is 10.0. The lowest BCUT2D eigenvalue weighted by Crippen LogP contribution is -1.95. The summed E-state index contributed by atoms with van der Waals surface area (Å²) in [5, 5.41) is 0. The molecular weight excluding hydrogens is 146 g/mol. The fourth-order valence-corrected chi connectivity index (χ4v) is 4.47. The Hall–Kier alpha value is 0.360. The van der Waals surface area contributed by atoms with Crippen LogP contribution in [0.2, 0.25) is 0 Å². The maximum atomic E-state index is 13.4. The third kappa shape index (κ3) is 1.09. The van der Waals surface area contributed by atoms with Gasteiger partial charge in [0.2, 0.25) is 0 Å². The van der Waals surface area contributed by atoms with Crippen LogP contribution >= 0.6 is 8.23 Å². The summed E-state index contributed by atoms with van der Waals surface area (Å²) >= 11 is 0. The molecule has 2 heterocycles. The lowest BCUT2D eigenvalue weighted by Gasteiger charge is -2.10. The van der Waals surface area contributed by atoms with Gasteiger partial charge in [0.25, 0.3) is 0 Å². The van der Waals surface area contributed by atoms with Crippen LogP contribution in [0.1, 0.15) is 38.5 Å². The highest BCUT2D eigenvalue weighted by Gasteiger charge is 2.37. The van der Waals surface area contributed by atoms with Crippen LogP contribution in [-0.2, 0) is 0 Å². The van der Waals surface area contributed by atoms with E-state index in [0.717, 1.165) is 0 Å². The Bertz CT molecular complexity index is 112. The number of fused-ring (bicyclic) bond motifs is 2. The second kappa shape index (κ2) is 2.77. The van der Waals surface area contributed by atoms with E-state index in [9.17, 15) is 4.20 Å². The van der Waals surface area contributed by atoms with E-state index >= 15 is 0 Å². The van der Waals surface area contributed by atoms with E-state index < -0.39 is 8.23 Å². The molecule has 2 heteroatoms. The molecular formula is C8H14FP. The predicted molar refractivity (Wildman–Crippen MR) is 43.3 cm³/mol. The van der Waals surface area contributed by atoms with Crippen molar-refractivity contribution in [2.75, 3.05) is 0 Å². The first-order valence-electron chi connectivity index (χ1n) is 4.32. The molecule has 2 saturated heterocycles. The molecule has 58 valence electrons. The Morgan fingerprint density at radius 1 is 0.900 bits per heavy atom. The fourth-order valence-electron chi connectivity index (χ4n) is 2.22. The van der Waals surface area contributed by atoms with E-state index in [0.29, 0.717) is 11.3 Å². The summed E-state index contributed by atoms with van der Waals surface area (Å²) in [7, 11) is -1.03. The molecule has 0 nitrogen and oxygen atoms in total. The maximum Gasteiger partial charge on any atom is 0.0876 e. The van der Waals surface area contributed by atoms with Gasteiger partial charge in [-0.2, -0.15) is 0 Å². The molecule has 0 aliphatic carbocycles. The molecule has 0 spiro atoms. The third-order valence-electron chi connectivity index (χ3n) is 2.86. The smallest absolute Gasteiger partial charge is 0.0876 e. The van der Waals surface area contributed by atoms with Gasteiger partial charge in [0, 0.05) is 11.3 Å². The van der Waals surface area contributed by atoms with Crippen molar-refractivity contribution in [3.63, 3.8) is 0 Å².